The Balaban J connectivity index is 1.50. The number of hydrogen-bond acceptors (Lipinski definition) is 2. The fourth-order valence-corrected chi connectivity index (χ4v) is 5.71. The van der Waals surface area contributed by atoms with Crippen molar-refractivity contribution in [3.05, 3.63) is 66.2 Å². The number of nitrogens with zero attached hydrogens (tertiary/aromatic N) is 1. The lowest BCUT2D eigenvalue weighted by molar-refractivity contribution is 0.107. The third-order valence-electron chi connectivity index (χ3n) is 5.69. The van der Waals surface area contributed by atoms with Crippen molar-refractivity contribution in [3.63, 3.8) is 0 Å². The topological polar surface area (TPSA) is 3.24 Å². The summed E-state index contributed by atoms with van der Waals surface area (Å²) in [5.41, 5.74) is 1.47. The normalized spacial score (nSPS) is 28.1. The van der Waals surface area contributed by atoms with Crippen molar-refractivity contribution in [2.45, 2.75) is 49.2 Å². The molecule has 4 atom stereocenters. The Morgan fingerprint density at radius 3 is 2.43 bits per heavy atom. The lowest BCUT2D eigenvalue weighted by Crippen LogP contribution is -2.43. The average Bonchev–Trinajstić information content (AvgIpc) is 3.22. The van der Waals surface area contributed by atoms with Crippen molar-refractivity contribution in [1.82, 2.24) is 4.90 Å². The molecule has 1 unspecified atom stereocenters. The minimum absolute atomic E-state index is 0.535. The molecule has 120 valence electrons. The second-order valence-electron chi connectivity index (χ2n) is 6.95. The molecule has 2 heteroatoms. The van der Waals surface area contributed by atoms with Crippen molar-refractivity contribution in [2.24, 2.45) is 5.92 Å². The molecule has 0 spiro atoms. The van der Waals surface area contributed by atoms with Crippen molar-refractivity contribution >= 4 is 11.8 Å². The van der Waals surface area contributed by atoms with Gasteiger partial charge in [-0.05, 0) is 49.8 Å². The molecule has 2 fully saturated rings. The molecule has 2 aliphatic rings. The highest BCUT2D eigenvalue weighted by atomic mass is 32.2. The van der Waals surface area contributed by atoms with Gasteiger partial charge in [-0.1, -0.05) is 48.5 Å². The molecule has 1 saturated carbocycles. The molecule has 1 heterocycles. The lowest BCUT2D eigenvalue weighted by atomic mass is 9.97. The maximum Gasteiger partial charge on any atom is 0.0326 e. The molecule has 2 bridgehead atoms. The van der Waals surface area contributed by atoms with Crippen LogP contribution in [0.4, 0.5) is 0 Å². The summed E-state index contributed by atoms with van der Waals surface area (Å²) in [6.07, 6.45) is 4.24. The molecular formula is C21H25NS. The minimum Gasteiger partial charge on any atom is -0.290 e. The van der Waals surface area contributed by atoms with Gasteiger partial charge < -0.3 is 0 Å². The van der Waals surface area contributed by atoms with E-state index in [1.54, 1.807) is 0 Å². The molecule has 2 aromatic rings. The number of likely N-dealkylation sites (tertiary alicyclic amines) is 1. The van der Waals surface area contributed by atoms with Crippen LogP contribution >= 0.6 is 11.8 Å². The van der Waals surface area contributed by atoms with Gasteiger partial charge in [-0.3, -0.25) is 4.90 Å². The monoisotopic (exact) mass is 323 g/mol. The van der Waals surface area contributed by atoms with E-state index in [2.05, 4.69) is 72.5 Å². The average molecular weight is 324 g/mol. The van der Waals surface area contributed by atoms with E-state index in [0.29, 0.717) is 6.04 Å². The lowest BCUT2D eigenvalue weighted by Gasteiger charge is -2.40. The fourth-order valence-electron chi connectivity index (χ4n) is 4.55. The number of fused-ring (bicyclic) bond motifs is 2. The minimum atomic E-state index is 0.535. The first-order valence-electron chi connectivity index (χ1n) is 8.83. The van der Waals surface area contributed by atoms with Crippen molar-refractivity contribution in [1.29, 1.82) is 0 Å². The van der Waals surface area contributed by atoms with Crippen LogP contribution in [0.5, 0.6) is 0 Å². The van der Waals surface area contributed by atoms with Crippen LogP contribution in [-0.4, -0.2) is 22.7 Å². The quantitative estimate of drug-likeness (QED) is 0.678. The van der Waals surface area contributed by atoms with Gasteiger partial charge in [0, 0.05) is 28.8 Å². The predicted octanol–water partition coefficient (Wildman–Crippen LogP) is 5.39. The first-order chi connectivity index (χ1) is 11.3. The number of hydrogen-bond donors (Lipinski definition) is 0. The molecule has 0 amide bonds. The Kier molecular flexibility index (Phi) is 4.46. The van der Waals surface area contributed by atoms with E-state index >= 15 is 0 Å². The molecule has 0 radical (unpaired) electrons. The smallest absolute Gasteiger partial charge is 0.0326 e. The first-order valence-corrected chi connectivity index (χ1v) is 9.81. The molecule has 0 aromatic heterocycles. The van der Waals surface area contributed by atoms with Crippen LogP contribution in [0.3, 0.4) is 0 Å². The highest BCUT2D eigenvalue weighted by Crippen LogP contribution is 2.47. The van der Waals surface area contributed by atoms with E-state index in [-0.39, 0.29) is 0 Å². The molecule has 23 heavy (non-hydrogen) atoms. The molecule has 4 rings (SSSR count). The Labute approximate surface area is 144 Å². The van der Waals surface area contributed by atoms with Gasteiger partial charge in [-0.2, -0.15) is 0 Å². The summed E-state index contributed by atoms with van der Waals surface area (Å²) in [4.78, 5) is 4.24. The van der Waals surface area contributed by atoms with Crippen LogP contribution in [0.1, 0.15) is 37.8 Å². The van der Waals surface area contributed by atoms with Crippen molar-refractivity contribution in [3.8, 4) is 0 Å². The summed E-state index contributed by atoms with van der Waals surface area (Å²) < 4.78 is 0. The number of piperidine rings is 1. The molecule has 1 aliphatic carbocycles. The third-order valence-corrected chi connectivity index (χ3v) is 6.80. The highest BCUT2D eigenvalue weighted by molar-refractivity contribution is 7.99. The Bertz CT molecular complexity index is 627. The van der Waals surface area contributed by atoms with Crippen molar-refractivity contribution < 1.29 is 0 Å². The third kappa shape index (κ3) is 3.07. The van der Waals surface area contributed by atoms with Gasteiger partial charge >= 0.3 is 0 Å². The number of rotatable bonds is 5. The Hall–Kier alpha value is -1.25. The van der Waals surface area contributed by atoms with Crippen LogP contribution in [0.25, 0.3) is 0 Å². The zero-order valence-corrected chi connectivity index (χ0v) is 14.6. The zero-order chi connectivity index (χ0) is 15.6. The van der Waals surface area contributed by atoms with Crippen molar-refractivity contribution in [2.75, 3.05) is 5.75 Å². The second-order valence-corrected chi connectivity index (χ2v) is 8.05. The van der Waals surface area contributed by atoms with Gasteiger partial charge in [0.25, 0.3) is 0 Å². The molecule has 1 saturated heterocycles. The summed E-state index contributed by atoms with van der Waals surface area (Å²) >= 11 is 2.03. The van der Waals surface area contributed by atoms with Gasteiger partial charge in [0.2, 0.25) is 0 Å². The summed E-state index contributed by atoms with van der Waals surface area (Å²) in [6.45, 7) is 2.40. The molecule has 1 aliphatic heterocycles. The summed E-state index contributed by atoms with van der Waals surface area (Å²) in [7, 11) is 0. The molecular weight excluding hydrogens is 298 g/mol. The first kappa shape index (κ1) is 15.3. The molecule has 2 aromatic carbocycles. The van der Waals surface area contributed by atoms with Crippen LogP contribution in [-0.2, 0) is 0 Å². The summed E-state index contributed by atoms with van der Waals surface area (Å²) in [6, 6.07) is 24.0. The van der Waals surface area contributed by atoms with E-state index in [0.717, 1.165) is 18.0 Å². The standard InChI is InChI=1S/C21H25NS/c1-16(17-8-4-2-5-9-17)22-19-13-12-18(14-19)21(22)15-23-20-10-6-3-7-11-20/h2-11,16,18-19,21H,12-15H2,1H3/t16?,18-,19+,21+/m1/s1. The van der Waals surface area contributed by atoms with E-state index in [9.17, 15) is 0 Å². The second kappa shape index (κ2) is 6.70. The largest absolute Gasteiger partial charge is 0.290 e. The van der Waals surface area contributed by atoms with Crippen LogP contribution in [0.2, 0.25) is 0 Å². The SMILES string of the molecule is CC(c1ccccc1)N1[C@H]2CC[C@H](C2)[C@@H]1CSc1ccccc1. The number of thioether (sulfide) groups is 1. The zero-order valence-electron chi connectivity index (χ0n) is 13.8. The van der Waals surface area contributed by atoms with E-state index in [4.69, 9.17) is 0 Å². The summed E-state index contributed by atoms with van der Waals surface area (Å²) in [5, 5.41) is 0. The Morgan fingerprint density at radius 2 is 1.70 bits per heavy atom. The van der Waals surface area contributed by atoms with Crippen LogP contribution in [0.15, 0.2) is 65.6 Å². The fraction of sp³-hybridized carbons (Fsp3) is 0.429. The van der Waals surface area contributed by atoms with Gasteiger partial charge in [0.05, 0.1) is 0 Å². The summed E-state index contributed by atoms with van der Waals surface area (Å²) in [5.74, 6) is 2.13. The highest BCUT2D eigenvalue weighted by Gasteiger charge is 2.47. The van der Waals surface area contributed by atoms with Gasteiger partial charge in [0.1, 0.15) is 0 Å². The molecule has 0 N–H and O–H groups in total. The van der Waals surface area contributed by atoms with Gasteiger partial charge in [-0.25, -0.2) is 0 Å². The Morgan fingerprint density at radius 1 is 1.00 bits per heavy atom. The van der Waals surface area contributed by atoms with Crippen LogP contribution < -0.4 is 0 Å². The van der Waals surface area contributed by atoms with Gasteiger partial charge in [0.15, 0.2) is 0 Å². The number of benzene rings is 2. The molecule has 1 nitrogen and oxygen atoms in total. The van der Waals surface area contributed by atoms with Crippen LogP contribution in [0, 0.1) is 5.92 Å². The maximum absolute atomic E-state index is 2.83. The van der Waals surface area contributed by atoms with E-state index in [1.807, 2.05) is 11.8 Å². The van der Waals surface area contributed by atoms with E-state index < -0.39 is 0 Å². The van der Waals surface area contributed by atoms with E-state index in [1.165, 1.54) is 35.5 Å². The van der Waals surface area contributed by atoms with Gasteiger partial charge in [-0.15, -0.1) is 11.8 Å². The maximum atomic E-state index is 2.83. The predicted molar refractivity (Wildman–Crippen MR) is 98.8 cm³/mol.